The van der Waals surface area contributed by atoms with E-state index in [2.05, 4.69) is 22.5 Å². The van der Waals surface area contributed by atoms with Gasteiger partial charge < -0.3 is 20.3 Å². The number of nitrogens with zero attached hydrogens (tertiary/aromatic N) is 2. The molecule has 0 aromatic carbocycles. The monoisotopic (exact) mass is 338 g/mol. The highest BCUT2D eigenvalue weighted by Gasteiger charge is 2.35. The summed E-state index contributed by atoms with van der Waals surface area (Å²) >= 11 is 0. The smallest absolute Gasteiger partial charge is 0.225 e. The lowest BCUT2D eigenvalue weighted by atomic mass is 9.98. The average molecular weight is 338 g/mol. The summed E-state index contributed by atoms with van der Waals surface area (Å²) in [5.74, 6) is -0.0488. The van der Waals surface area contributed by atoms with Gasteiger partial charge in [0.25, 0.3) is 0 Å². The Balaban J connectivity index is 1.44. The lowest BCUT2D eigenvalue weighted by molar-refractivity contribution is -0.129. The van der Waals surface area contributed by atoms with Crippen molar-refractivity contribution >= 4 is 11.8 Å². The van der Waals surface area contributed by atoms with Gasteiger partial charge >= 0.3 is 0 Å². The van der Waals surface area contributed by atoms with E-state index in [-0.39, 0.29) is 23.8 Å². The van der Waals surface area contributed by atoms with Crippen LogP contribution in [0.15, 0.2) is 0 Å². The minimum Gasteiger partial charge on any atom is -0.379 e. The van der Waals surface area contributed by atoms with Crippen LogP contribution in [0.1, 0.15) is 26.2 Å². The predicted octanol–water partition coefficient (Wildman–Crippen LogP) is -0.576. The number of hydrogen-bond acceptors (Lipinski definition) is 5. The zero-order valence-electron chi connectivity index (χ0n) is 14.6. The summed E-state index contributed by atoms with van der Waals surface area (Å²) in [7, 11) is 0. The first kappa shape index (κ1) is 17.6. The van der Waals surface area contributed by atoms with Crippen LogP contribution < -0.4 is 10.6 Å². The number of carbonyl (C=O) groups excluding carboxylic acids is 2. The molecular weight excluding hydrogens is 308 g/mol. The number of carbonyl (C=O) groups is 2. The third-order valence-electron chi connectivity index (χ3n) is 5.46. The Bertz CT molecular complexity index is 453. The van der Waals surface area contributed by atoms with E-state index in [9.17, 15) is 9.59 Å². The fraction of sp³-hybridized carbons (Fsp3) is 0.882. The summed E-state index contributed by atoms with van der Waals surface area (Å²) in [6.07, 6.45) is 2.45. The second-order valence-corrected chi connectivity index (χ2v) is 7.19. The second kappa shape index (κ2) is 8.27. The van der Waals surface area contributed by atoms with Gasteiger partial charge in [0.1, 0.15) is 0 Å². The van der Waals surface area contributed by atoms with E-state index in [1.165, 1.54) is 0 Å². The van der Waals surface area contributed by atoms with E-state index < -0.39 is 0 Å². The molecule has 0 spiro atoms. The van der Waals surface area contributed by atoms with Crippen LogP contribution in [0.3, 0.4) is 0 Å². The predicted molar refractivity (Wildman–Crippen MR) is 90.6 cm³/mol. The average Bonchev–Trinajstić information content (AvgIpc) is 2.97. The molecule has 3 saturated heterocycles. The topological polar surface area (TPSA) is 73.9 Å². The number of amides is 2. The van der Waals surface area contributed by atoms with E-state index >= 15 is 0 Å². The van der Waals surface area contributed by atoms with Gasteiger partial charge in [0, 0.05) is 51.2 Å². The summed E-state index contributed by atoms with van der Waals surface area (Å²) in [5.41, 5.74) is 0. The van der Waals surface area contributed by atoms with Crippen molar-refractivity contribution in [2.45, 2.75) is 38.3 Å². The molecule has 136 valence electrons. The van der Waals surface area contributed by atoms with E-state index in [1.807, 2.05) is 4.90 Å². The summed E-state index contributed by atoms with van der Waals surface area (Å²) in [6.45, 7) is 8.67. The van der Waals surface area contributed by atoms with E-state index in [4.69, 9.17) is 4.74 Å². The van der Waals surface area contributed by atoms with Crippen LogP contribution in [0.4, 0.5) is 0 Å². The van der Waals surface area contributed by atoms with Crippen molar-refractivity contribution in [1.29, 1.82) is 0 Å². The zero-order valence-corrected chi connectivity index (χ0v) is 14.6. The normalized spacial score (nSPS) is 32.1. The third kappa shape index (κ3) is 4.46. The zero-order chi connectivity index (χ0) is 16.9. The Labute approximate surface area is 144 Å². The Kier molecular flexibility index (Phi) is 6.08. The van der Waals surface area contributed by atoms with Crippen LogP contribution in [0.5, 0.6) is 0 Å². The molecule has 2 N–H and O–H groups in total. The van der Waals surface area contributed by atoms with Crippen molar-refractivity contribution in [1.82, 2.24) is 20.4 Å². The molecule has 0 aromatic rings. The van der Waals surface area contributed by atoms with Crippen molar-refractivity contribution in [3.63, 3.8) is 0 Å². The fourth-order valence-electron chi connectivity index (χ4n) is 3.79. The van der Waals surface area contributed by atoms with Gasteiger partial charge in [-0.3, -0.25) is 14.5 Å². The Morgan fingerprint density at radius 2 is 2.12 bits per heavy atom. The Morgan fingerprint density at radius 3 is 2.88 bits per heavy atom. The van der Waals surface area contributed by atoms with Crippen LogP contribution in [0, 0.1) is 5.92 Å². The van der Waals surface area contributed by atoms with E-state index in [1.54, 1.807) is 0 Å². The summed E-state index contributed by atoms with van der Waals surface area (Å²) in [5, 5.41) is 6.54. The molecule has 3 aliphatic heterocycles. The van der Waals surface area contributed by atoms with Crippen LogP contribution >= 0.6 is 0 Å². The molecule has 24 heavy (non-hydrogen) atoms. The Morgan fingerprint density at radius 1 is 1.33 bits per heavy atom. The molecule has 3 unspecified atom stereocenters. The second-order valence-electron chi connectivity index (χ2n) is 7.19. The largest absolute Gasteiger partial charge is 0.379 e. The highest BCUT2D eigenvalue weighted by atomic mass is 16.5. The number of rotatable bonds is 5. The quantitative estimate of drug-likeness (QED) is 0.702. The van der Waals surface area contributed by atoms with Crippen molar-refractivity contribution in [2.24, 2.45) is 5.92 Å². The van der Waals surface area contributed by atoms with Gasteiger partial charge in [0.15, 0.2) is 0 Å². The first-order valence-corrected chi connectivity index (χ1v) is 9.25. The lowest BCUT2D eigenvalue weighted by Crippen LogP contribution is -2.53. The molecule has 0 saturated carbocycles. The molecule has 0 bridgehead atoms. The maximum atomic E-state index is 12.5. The van der Waals surface area contributed by atoms with Gasteiger partial charge in [-0.2, -0.15) is 0 Å². The summed E-state index contributed by atoms with van der Waals surface area (Å²) < 4.78 is 5.34. The molecule has 2 amide bonds. The van der Waals surface area contributed by atoms with Gasteiger partial charge in [-0.25, -0.2) is 0 Å². The van der Waals surface area contributed by atoms with Crippen molar-refractivity contribution in [2.75, 3.05) is 52.5 Å². The lowest BCUT2D eigenvalue weighted by Gasteiger charge is -2.31. The number of piperidine rings is 1. The summed E-state index contributed by atoms with van der Waals surface area (Å²) in [6, 6.07) is 0.487. The van der Waals surface area contributed by atoms with Crippen molar-refractivity contribution in [3.8, 4) is 0 Å². The van der Waals surface area contributed by atoms with Crippen LogP contribution in [0.2, 0.25) is 0 Å². The molecule has 0 radical (unpaired) electrons. The molecular formula is C17H30N4O3. The number of ether oxygens (including phenoxy) is 1. The molecule has 3 rings (SSSR count). The molecule has 3 atom stereocenters. The van der Waals surface area contributed by atoms with Crippen LogP contribution in [-0.2, 0) is 14.3 Å². The van der Waals surface area contributed by atoms with Gasteiger partial charge in [0.2, 0.25) is 11.8 Å². The molecule has 3 fully saturated rings. The summed E-state index contributed by atoms with van der Waals surface area (Å²) in [4.78, 5) is 28.9. The standard InChI is InChI=1S/C17H30N4O3/c1-13-15(3-2-4-18-13)19-17(23)14-11-16(22)21(12-14)6-5-20-7-9-24-10-8-20/h13-15,18H,2-12H2,1H3,(H,19,23). The number of likely N-dealkylation sites (tertiary alicyclic amines) is 1. The van der Waals surface area contributed by atoms with Crippen LogP contribution in [0.25, 0.3) is 0 Å². The van der Waals surface area contributed by atoms with Crippen molar-refractivity contribution in [3.05, 3.63) is 0 Å². The Hall–Kier alpha value is -1.18. The van der Waals surface area contributed by atoms with Gasteiger partial charge in [0.05, 0.1) is 19.1 Å². The molecule has 7 nitrogen and oxygen atoms in total. The van der Waals surface area contributed by atoms with Gasteiger partial charge in [-0.05, 0) is 26.3 Å². The first-order chi connectivity index (χ1) is 11.6. The molecule has 3 aliphatic rings. The maximum absolute atomic E-state index is 12.5. The number of nitrogens with one attached hydrogen (secondary N) is 2. The number of hydrogen-bond donors (Lipinski definition) is 2. The van der Waals surface area contributed by atoms with E-state index in [0.717, 1.165) is 52.2 Å². The first-order valence-electron chi connectivity index (χ1n) is 9.25. The van der Waals surface area contributed by atoms with Crippen molar-refractivity contribution < 1.29 is 14.3 Å². The van der Waals surface area contributed by atoms with Crippen LogP contribution in [-0.4, -0.2) is 86.2 Å². The van der Waals surface area contributed by atoms with Gasteiger partial charge in [-0.15, -0.1) is 0 Å². The highest BCUT2D eigenvalue weighted by Crippen LogP contribution is 2.19. The highest BCUT2D eigenvalue weighted by molar-refractivity contribution is 5.89. The molecule has 0 aliphatic carbocycles. The van der Waals surface area contributed by atoms with Gasteiger partial charge in [-0.1, -0.05) is 0 Å². The fourth-order valence-corrected chi connectivity index (χ4v) is 3.79. The molecule has 7 heteroatoms. The molecule has 0 aromatic heterocycles. The van der Waals surface area contributed by atoms with E-state index in [0.29, 0.717) is 25.6 Å². The molecule has 3 heterocycles. The third-order valence-corrected chi connectivity index (χ3v) is 5.46. The minimum absolute atomic E-state index is 0.0396. The maximum Gasteiger partial charge on any atom is 0.225 e. The number of morpholine rings is 1. The minimum atomic E-state index is -0.198. The SMILES string of the molecule is CC1NCCCC1NC(=O)C1CC(=O)N(CCN2CCOCC2)C1.